The second kappa shape index (κ2) is 11.7. The molecule has 218 valence electrons. The van der Waals surface area contributed by atoms with Crippen LogP contribution in [0.3, 0.4) is 0 Å². The molecule has 1 N–H and O–H groups in total. The van der Waals surface area contributed by atoms with Crippen LogP contribution in [-0.4, -0.2) is 82.7 Å². The number of anilines is 1. The van der Waals surface area contributed by atoms with Crippen LogP contribution in [-0.2, 0) is 19.1 Å². The van der Waals surface area contributed by atoms with Gasteiger partial charge in [0.1, 0.15) is 11.6 Å². The number of nitrogens with zero attached hydrogens (tertiary/aromatic N) is 3. The molecule has 1 aromatic carbocycles. The SMILES string of the molecule is C=CCN(C)C(=O)[C@@H]1[C@H]2C(=O)N([C@@H](CO)CC(C)C)C(C(=O)N(CC=C)c3ccccc3Cl)C23CC[C@@]1(CC)O3. The zero-order valence-corrected chi connectivity index (χ0v) is 24.8. The van der Waals surface area contributed by atoms with E-state index in [-0.39, 0.29) is 36.8 Å². The number of benzene rings is 1. The number of hydrogen-bond acceptors (Lipinski definition) is 5. The maximum absolute atomic E-state index is 14.7. The number of carbonyl (C=O) groups is 3. The van der Waals surface area contributed by atoms with E-state index in [1.807, 2.05) is 20.8 Å². The van der Waals surface area contributed by atoms with Crippen molar-refractivity contribution in [2.45, 2.75) is 69.7 Å². The van der Waals surface area contributed by atoms with Gasteiger partial charge in [-0.15, -0.1) is 13.2 Å². The molecule has 3 heterocycles. The zero-order valence-electron chi connectivity index (χ0n) is 24.0. The van der Waals surface area contributed by atoms with Gasteiger partial charge in [-0.05, 0) is 43.7 Å². The lowest BCUT2D eigenvalue weighted by Crippen LogP contribution is -2.59. The highest BCUT2D eigenvalue weighted by Crippen LogP contribution is 2.65. The Morgan fingerprint density at radius 3 is 2.45 bits per heavy atom. The summed E-state index contributed by atoms with van der Waals surface area (Å²) in [6, 6.07) is 5.41. The van der Waals surface area contributed by atoms with Gasteiger partial charge in [0, 0.05) is 20.1 Å². The normalized spacial score (nSPS) is 29.4. The molecule has 3 aliphatic heterocycles. The number of ether oxygens (including phenoxy) is 1. The number of likely N-dealkylation sites (N-methyl/N-ethyl adjacent to an activating group) is 1. The van der Waals surface area contributed by atoms with Gasteiger partial charge in [0.25, 0.3) is 5.91 Å². The third-order valence-corrected chi connectivity index (χ3v) is 9.29. The summed E-state index contributed by atoms with van der Waals surface area (Å²) in [5, 5.41) is 10.9. The molecule has 3 aliphatic rings. The summed E-state index contributed by atoms with van der Waals surface area (Å²) in [6.07, 6.45) is 5.32. The molecule has 1 aromatic rings. The molecular weight excluding hydrogens is 530 g/mol. The molecule has 8 nitrogen and oxygen atoms in total. The fourth-order valence-corrected chi connectivity index (χ4v) is 7.54. The lowest BCUT2D eigenvalue weighted by Gasteiger charge is -2.40. The fourth-order valence-electron chi connectivity index (χ4n) is 7.30. The van der Waals surface area contributed by atoms with Crippen LogP contribution >= 0.6 is 11.6 Å². The predicted octanol–water partition coefficient (Wildman–Crippen LogP) is 4.07. The summed E-state index contributed by atoms with van der Waals surface area (Å²) in [7, 11) is 1.70. The Bertz CT molecular complexity index is 1170. The highest BCUT2D eigenvalue weighted by atomic mass is 35.5. The van der Waals surface area contributed by atoms with Crippen LogP contribution in [0.2, 0.25) is 5.02 Å². The van der Waals surface area contributed by atoms with E-state index in [0.29, 0.717) is 42.9 Å². The van der Waals surface area contributed by atoms with Crippen molar-refractivity contribution in [2.24, 2.45) is 17.8 Å². The first-order chi connectivity index (χ1) is 19.0. The second-order valence-electron chi connectivity index (χ2n) is 11.7. The number of carbonyl (C=O) groups excluding carboxylic acids is 3. The van der Waals surface area contributed by atoms with E-state index in [2.05, 4.69) is 13.2 Å². The largest absolute Gasteiger partial charge is 0.394 e. The molecule has 0 aliphatic carbocycles. The van der Waals surface area contributed by atoms with Crippen LogP contribution in [0.15, 0.2) is 49.6 Å². The number of likely N-dealkylation sites (tertiary alicyclic amines) is 1. The third-order valence-electron chi connectivity index (χ3n) is 8.97. The van der Waals surface area contributed by atoms with E-state index in [4.69, 9.17) is 16.3 Å². The van der Waals surface area contributed by atoms with Crippen molar-refractivity contribution in [3.8, 4) is 0 Å². The Kier molecular flexibility index (Phi) is 8.83. The average molecular weight is 572 g/mol. The zero-order chi connectivity index (χ0) is 29.4. The van der Waals surface area contributed by atoms with Gasteiger partial charge in [-0.1, -0.05) is 56.7 Å². The van der Waals surface area contributed by atoms with Gasteiger partial charge in [0.05, 0.1) is 40.8 Å². The minimum atomic E-state index is -1.20. The van der Waals surface area contributed by atoms with E-state index >= 15 is 0 Å². The van der Waals surface area contributed by atoms with Gasteiger partial charge in [0.15, 0.2) is 0 Å². The van der Waals surface area contributed by atoms with Gasteiger partial charge in [-0.2, -0.15) is 0 Å². The van der Waals surface area contributed by atoms with Crippen LogP contribution in [0.25, 0.3) is 0 Å². The van der Waals surface area contributed by atoms with E-state index in [9.17, 15) is 19.5 Å². The van der Waals surface area contributed by atoms with Crippen LogP contribution in [0.4, 0.5) is 5.69 Å². The van der Waals surface area contributed by atoms with Gasteiger partial charge < -0.3 is 24.5 Å². The number of fused-ring (bicyclic) bond motifs is 1. The Hall–Kier alpha value is -2.68. The van der Waals surface area contributed by atoms with Gasteiger partial charge in [-0.25, -0.2) is 0 Å². The van der Waals surface area contributed by atoms with Crippen molar-refractivity contribution in [1.29, 1.82) is 0 Å². The number of aliphatic hydroxyl groups is 1. The first-order valence-electron chi connectivity index (χ1n) is 14.2. The maximum Gasteiger partial charge on any atom is 0.253 e. The molecule has 0 saturated carbocycles. The topological polar surface area (TPSA) is 90.4 Å². The molecule has 2 bridgehead atoms. The lowest BCUT2D eigenvalue weighted by molar-refractivity contribution is -0.153. The highest BCUT2D eigenvalue weighted by Gasteiger charge is 2.79. The van der Waals surface area contributed by atoms with Crippen molar-refractivity contribution >= 4 is 35.0 Å². The standard InChI is InChI=1S/C31H42ClN3O5/c1-7-16-33(6)27(37)24-25-28(38)35(21(19-36)18-20(4)5)26(31(25)15-14-30(24,9-3)40-31)29(39)34(17-8-2)23-13-11-10-12-22(23)32/h7-8,10-13,20-21,24-26,36H,1-2,9,14-19H2,3-6H3/t21-,24+,25+,26?,30-,31?/m1/s1. The number of amides is 3. The summed E-state index contributed by atoms with van der Waals surface area (Å²) in [6.45, 7) is 13.8. The Balaban J connectivity index is 1.89. The number of hydrogen-bond donors (Lipinski definition) is 1. The first kappa shape index (κ1) is 30.3. The van der Waals surface area contributed by atoms with Crippen molar-refractivity contribution in [1.82, 2.24) is 9.80 Å². The summed E-state index contributed by atoms with van der Waals surface area (Å²) < 4.78 is 6.89. The minimum absolute atomic E-state index is 0.155. The van der Waals surface area contributed by atoms with Crippen molar-refractivity contribution in [3.05, 3.63) is 54.6 Å². The van der Waals surface area contributed by atoms with Crippen LogP contribution < -0.4 is 4.90 Å². The Labute approximate surface area is 242 Å². The molecule has 2 unspecified atom stereocenters. The summed E-state index contributed by atoms with van der Waals surface area (Å²) in [4.78, 5) is 47.8. The molecule has 3 saturated heterocycles. The summed E-state index contributed by atoms with van der Waals surface area (Å²) in [5.41, 5.74) is -1.55. The van der Waals surface area contributed by atoms with Crippen molar-refractivity contribution < 1.29 is 24.2 Å². The monoisotopic (exact) mass is 571 g/mol. The number of rotatable bonds is 12. The molecule has 40 heavy (non-hydrogen) atoms. The van der Waals surface area contributed by atoms with Crippen LogP contribution in [0.1, 0.15) is 46.5 Å². The van der Waals surface area contributed by atoms with Crippen LogP contribution in [0.5, 0.6) is 0 Å². The first-order valence-corrected chi connectivity index (χ1v) is 14.6. The quantitative estimate of drug-likeness (QED) is 0.382. The molecule has 4 rings (SSSR count). The van der Waals surface area contributed by atoms with E-state index < -0.39 is 35.1 Å². The van der Waals surface area contributed by atoms with Gasteiger partial charge in [-0.3, -0.25) is 14.4 Å². The molecule has 0 radical (unpaired) electrons. The minimum Gasteiger partial charge on any atom is -0.394 e. The number of halogens is 1. The molecule has 1 spiro atoms. The summed E-state index contributed by atoms with van der Waals surface area (Å²) >= 11 is 6.55. The molecule has 0 aromatic heterocycles. The molecule has 3 amide bonds. The summed E-state index contributed by atoms with van der Waals surface area (Å²) in [5.74, 6) is -2.28. The lowest BCUT2D eigenvalue weighted by atomic mass is 9.64. The average Bonchev–Trinajstić information content (AvgIpc) is 3.53. The van der Waals surface area contributed by atoms with Gasteiger partial charge >= 0.3 is 0 Å². The maximum atomic E-state index is 14.7. The smallest absolute Gasteiger partial charge is 0.253 e. The number of para-hydroxylation sites is 1. The van der Waals surface area contributed by atoms with E-state index in [1.54, 1.807) is 53.3 Å². The number of aliphatic hydroxyl groups excluding tert-OH is 1. The fraction of sp³-hybridized carbons (Fsp3) is 0.581. The van der Waals surface area contributed by atoms with Crippen molar-refractivity contribution in [3.63, 3.8) is 0 Å². The molecule has 3 fully saturated rings. The second-order valence-corrected chi connectivity index (χ2v) is 12.1. The van der Waals surface area contributed by atoms with Crippen molar-refractivity contribution in [2.75, 3.05) is 31.6 Å². The molecular formula is C31H42ClN3O5. The highest BCUT2D eigenvalue weighted by molar-refractivity contribution is 6.34. The van der Waals surface area contributed by atoms with E-state index in [0.717, 1.165) is 0 Å². The van der Waals surface area contributed by atoms with Crippen LogP contribution in [0, 0.1) is 17.8 Å². The Morgan fingerprint density at radius 1 is 1.20 bits per heavy atom. The van der Waals surface area contributed by atoms with E-state index in [1.165, 1.54) is 4.90 Å². The van der Waals surface area contributed by atoms with Gasteiger partial charge in [0.2, 0.25) is 11.8 Å². The molecule has 6 atom stereocenters. The predicted molar refractivity (Wildman–Crippen MR) is 156 cm³/mol. The molecule has 9 heteroatoms. The third kappa shape index (κ3) is 4.68. The Morgan fingerprint density at radius 2 is 1.88 bits per heavy atom.